The van der Waals surface area contributed by atoms with Crippen LogP contribution >= 0.6 is 0 Å². The highest BCUT2D eigenvalue weighted by Gasteiger charge is 2.20. The molecule has 4 aromatic rings. The number of nitro groups is 1. The summed E-state index contributed by atoms with van der Waals surface area (Å²) in [4.78, 5) is 17.9. The van der Waals surface area contributed by atoms with Gasteiger partial charge in [-0.3, -0.25) is 10.1 Å². The van der Waals surface area contributed by atoms with E-state index in [1.54, 1.807) is 13.2 Å². The van der Waals surface area contributed by atoms with Gasteiger partial charge in [0.2, 0.25) is 5.69 Å². The van der Waals surface area contributed by atoms with Crippen LogP contribution in [-0.2, 0) is 0 Å². The summed E-state index contributed by atoms with van der Waals surface area (Å²) in [6.45, 7) is 0.476. The lowest BCUT2D eigenvalue weighted by atomic mass is 9.91. The van der Waals surface area contributed by atoms with Gasteiger partial charge in [0.1, 0.15) is 17.6 Å². The zero-order chi connectivity index (χ0) is 21.8. The predicted octanol–water partition coefficient (Wildman–Crippen LogP) is 4.60. The summed E-state index contributed by atoms with van der Waals surface area (Å²) >= 11 is 0. The average molecular weight is 413 g/mol. The molecule has 1 atom stereocenters. The van der Waals surface area contributed by atoms with Crippen LogP contribution < -0.4 is 10.1 Å². The van der Waals surface area contributed by atoms with Crippen molar-refractivity contribution in [2.24, 2.45) is 0 Å². The van der Waals surface area contributed by atoms with Gasteiger partial charge in [0.05, 0.1) is 12.0 Å². The Kier molecular flexibility index (Phi) is 5.49. The second-order valence-corrected chi connectivity index (χ2v) is 6.93. The van der Waals surface area contributed by atoms with Crippen molar-refractivity contribution in [2.75, 3.05) is 19.0 Å². The van der Waals surface area contributed by atoms with Crippen LogP contribution in [0, 0.1) is 21.4 Å². The zero-order valence-corrected chi connectivity index (χ0v) is 16.7. The Morgan fingerprint density at radius 2 is 1.97 bits per heavy atom. The molecule has 0 bridgehead atoms. The van der Waals surface area contributed by atoms with Gasteiger partial charge in [-0.2, -0.15) is 5.26 Å². The highest BCUT2D eigenvalue weighted by Crippen LogP contribution is 2.32. The van der Waals surface area contributed by atoms with E-state index in [0.29, 0.717) is 12.4 Å². The minimum atomic E-state index is -0.610. The lowest BCUT2D eigenvalue weighted by Crippen LogP contribution is -2.15. The van der Waals surface area contributed by atoms with E-state index < -0.39 is 4.92 Å². The fraction of sp³-hybridized carbons (Fsp3) is 0.130. The van der Waals surface area contributed by atoms with Crippen molar-refractivity contribution in [1.82, 2.24) is 9.97 Å². The normalized spacial score (nSPS) is 11.6. The molecule has 0 fully saturated rings. The SMILES string of the molecule is COc1ccc(C(CNc2ccc([N+](=O)[O-])c(C#N)n2)c2c[nH]c3ccccc23)cc1. The van der Waals surface area contributed by atoms with Crippen LogP contribution in [0.15, 0.2) is 66.9 Å². The molecule has 2 aromatic carbocycles. The lowest BCUT2D eigenvalue weighted by Gasteiger charge is -2.19. The lowest BCUT2D eigenvalue weighted by molar-refractivity contribution is -0.385. The third-order valence-electron chi connectivity index (χ3n) is 5.18. The van der Waals surface area contributed by atoms with Gasteiger partial charge in [-0.05, 0) is 35.4 Å². The number of nitrogens with one attached hydrogen (secondary N) is 2. The van der Waals surface area contributed by atoms with Crippen LogP contribution in [0.4, 0.5) is 11.5 Å². The average Bonchev–Trinajstić information content (AvgIpc) is 3.23. The van der Waals surface area contributed by atoms with Crippen molar-refractivity contribution < 1.29 is 9.66 Å². The molecule has 8 heteroatoms. The Bertz CT molecular complexity index is 1270. The third kappa shape index (κ3) is 4.02. The van der Waals surface area contributed by atoms with Crippen molar-refractivity contribution in [1.29, 1.82) is 5.26 Å². The van der Waals surface area contributed by atoms with Gasteiger partial charge in [0, 0.05) is 35.6 Å². The minimum absolute atomic E-state index is 0.0374. The first-order chi connectivity index (χ1) is 15.1. The molecule has 31 heavy (non-hydrogen) atoms. The number of aromatic nitrogens is 2. The zero-order valence-electron chi connectivity index (χ0n) is 16.7. The number of pyridine rings is 1. The molecular formula is C23H19N5O3. The largest absolute Gasteiger partial charge is 0.497 e. The maximum absolute atomic E-state index is 11.1. The number of anilines is 1. The van der Waals surface area contributed by atoms with Crippen LogP contribution in [0.25, 0.3) is 10.9 Å². The first-order valence-electron chi connectivity index (χ1n) is 9.60. The summed E-state index contributed by atoms with van der Waals surface area (Å²) in [6.07, 6.45) is 1.99. The Morgan fingerprint density at radius 3 is 2.68 bits per heavy atom. The van der Waals surface area contributed by atoms with Crippen LogP contribution in [0.1, 0.15) is 22.7 Å². The molecule has 1 unspecified atom stereocenters. The third-order valence-corrected chi connectivity index (χ3v) is 5.18. The number of para-hydroxylation sites is 1. The number of aromatic amines is 1. The molecule has 2 heterocycles. The van der Waals surface area contributed by atoms with E-state index in [9.17, 15) is 15.4 Å². The first kappa shape index (κ1) is 19.9. The summed E-state index contributed by atoms with van der Waals surface area (Å²) in [6, 6.07) is 20.5. The Hall–Kier alpha value is -4.38. The molecule has 0 saturated carbocycles. The molecular weight excluding hydrogens is 394 g/mol. The molecule has 8 nitrogen and oxygen atoms in total. The molecule has 0 amide bonds. The molecule has 0 aliphatic rings. The number of rotatable bonds is 7. The second kappa shape index (κ2) is 8.55. The molecule has 0 radical (unpaired) electrons. The number of hydrogen-bond donors (Lipinski definition) is 2. The highest BCUT2D eigenvalue weighted by atomic mass is 16.6. The molecule has 4 rings (SSSR count). The molecule has 0 saturated heterocycles. The van der Waals surface area contributed by atoms with Gasteiger partial charge in [-0.1, -0.05) is 30.3 Å². The van der Waals surface area contributed by atoms with Crippen LogP contribution in [0.3, 0.4) is 0 Å². The Morgan fingerprint density at radius 1 is 1.19 bits per heavy atom. The van der Waals surface area contributed by atoms with E-state index in [0.717, 1.165) is 27.8 Å². The van der Waals surface area contributed by atoms with Crippen molar-refractivity contribution in [3.05, 3.63) is 93.8 Å². The maximum atomic E-state index is 11.1. The summed E-state index contributed by atoms with van der Waals surface area (Å²) in [5.41, 5.74) is 2.69. The van der Waals surface area contributed by atoms with Crippen molar-refractivity contribution in [3.63, 3.8) is 0 Å². The van der Waals surface area contributed by atoms with Crippen LogP contribution in [0.5, 0.6) is 5.75 Å². The standard InChI is InChI=1S/C23H19N5O3/c1-31-16-8-6-15(7-9-16)18(19-14-25-20-5-3-2-4-17(19)20)13-26-23-11-10-22(28(29)30)21(12-24)27-23/h2-11,14,18,25H,13H2,1H3,(H,26,27). The highest BCUT2D eigenvalue weighted by molar-refractivity contribution is 5.84. The van der Waals surface area contributed by atoms with Crippen molar-refractivity contribution >= 4 is 22.4 Å². The molecule has 0 spiro atoms. The monoisotopic (exact) mass is 413 g/mol. The number of fused-ring (bicyclic) bond motifs is 1. The maximum Gasteiger partial charge on any atom is 0.305 e. The number of H-pyrrole nitrogens is 1. The van der Waals surface area contributed by atoms with Gasteiger partial charge >= 0.3 is 5.69 Å². The first-order valence-corrected chi connectivity index (χ1v) is 9.60. The molecule has 0 aliphatic carbocycles. The molecule has 154 valence electrons. The van der Waals surface area contributed by atoms with E-state index in [1.807, 2.05) is 48.7 Å². The smallest absolute Gasteiger partial charge is 0.305 e. The second-order valence-electron chi connectivity index (χ2n) is 6.93. The minimum Gasteiger partial charge on any atom is -0.497 e. The fourth-order valence-corrected chi connectivity index (χ4v) is 3.61. The van der Waals surface area contributed by atoms with Crippen molar-refractivity contribution in [3.8, 4) is 11.8 Å². The van der Waals surface area contributed by atoms with Gasteiger partial charge in [0.15, 0.2) is 0 Å². The Balaban J connectivity index is 1.68. The van der Waals surface area contributed by atoms with E-state index in [4.69, 9.17) is 4.74 Å². The van der Waals surface area contributed by atoms with Crippen LogP contribution in [0.2, 0.25) is 0 Å². The summed E-state index contributed by atoms with van der Waals surface area (Å²) in [7, 11) is 1.63. The molecule has 2 aromatic heterocycles. The number of hydrogen-bond acceptors (Lipinski definition) is 6. The number of nitrogens with zero attached hydrogens (tertiary/aromatic N) is 3. The van der Waals surface area contributed by atoms with Crippen LogP contribution in [-0.4, -0.2) is 28.5 Å². The van der Waals surface area contributed by atoms with E-state index in [1.165, 1.54) is 12.1 Å². The topological polar surface area (TPSA) is 117 Å². The summed E-state index contributed by atoms with van der Waals surface area (Å²) in [5.74, 6) is 1.13. The number of methoxy groups -OCH3 is 1. The number of ether oxygens (including phenoxy) is 1. The van der Waals surface area contributed by atoms with Gasteiger partial charge in [0.25, 0.3) is 0 Å². The van der Waals surface area contributed by atoms with E-state index >= 15 is 0 Å². The molecule has 2 N–H and O–H groups in total. The summed E-state index contributed by atoms with van der Waals surface area (Å²) in [5, 5.41) is 24.6. The van der Waals surface area contributed by atoms with Gasteiger partial charge in [-0.25, -0.2) is 4.98 Å². The number of nitriles is 1. The number of benzene rings is 2. The van der Waals surface area contributed by atoms with Gasteiger partial charge in [-0.15, -0.1) is 0 Å². The van der Waals surface area contributed by atoms with Crippen molar-refractivity contribution in [2.45, 2.75) is 5.92 Å². The summed E-state index contributed by atoms with van der Waals surface area (Å²) < 4.78 is 5.28. The predicted molar refractivity (Wildman–Crippen MR) is 117 cm³/mol. The molecule has 0 aliphatic heterocycles. The fourth-order valence-electron chi connectivity index (χ4n) is 3.61. The van der Waals surface area contributed by atoms with E-state index in [-0.39, 0.29) is 17.3 Å². The quantitative estimate of drug-likeness (QED) is 0.338. The van der Waals surface area contributed by atoms with Gasteiger partial charge < -0.3 is 15.0 Å². The Labute approximate surface area is 178 Å². The van der Waals surface area contributed by atoms with E-state index in [2.05, 4.69) is 21.4 Å².